The number of rotatable bonds is 2. The van der Waals surface area contributed by atoms with E-state index in [9.17, 15) is 8.78 Å². The number of hydrogen-bond donors (Lipinski definition) is 0. The zero-order valence-corrected chi connectivity index (χ0v) is 11.4. The summed E-state index contributed by atoms with van der Waals surface area (Å²) in [5.74, 6) is 0.204. The Bertz CT molecular complexity index is 486. The van der Waals surface area contributed by atoms with E-state index >= 15 is 0 Å². The SMILES string of the molecule is CCC.Cc1cc(F)cc(Oc2ccc(F)cc2)c1. The van der Waals surface area contributed by atoms with Crippen LogP contribution >= 0.6 is 0 Å². The fourth-order valence-corrected chi connectivity index (χ4v) is 1.40. The molecule has 1 nitrogen and oxygen atoms in total. The lowest BCUT2D eigenvalue weighted by Crippen LogP contribution is -1.87. The van der Waals surface area contributed by atoms with Crippen molar-refractivity contribution in [2.75, 3.05) is 0 Å². The summed E-state index contributed by atoms with van der Waals surface area (Å²) in [5.41, 5.74) is 0.775. The van der Waals surface area contributed by atoms with E-state index in [2.05, 4.69) is 13.8 Å². The van der Waals surface area contributed by atoms with Crippen molar-refractivity contribution in [3.8, 4) is 11.5 Å². The Morgan fingerprint density at radius 1 is 0.842 bits per heavy atom. The summed E-state index contributed by atoms with van der Waals surface area (Å²) >= 11 is 0. The van der Waals surface area contributed by atoms with Gasteiger partial charge in [-0.2, -0.15) is 0 Å². The molecule has 2 rings (SSSR count). The van der Waals surface area contributed by atoms with Crippen molar-refractivity contribution in [3.05, 3.63) is 59.7 Å². The lowest BCUT2D eigenvalue weighted by molar-refractivity contribution is 0.474. The molecule has 0 spiro atoms. The van der Waals surface area contributed by atoms with Crippen LogP contribution in [0.4, 0.5) is 8.78 Å². The van der Waals surface area contributed by atoms with E-state index in [0.29, 0.717) is 11.5 Å². The fourth-order valence-electron chi connectivity index (χ4n) is 1.40. The van der Waals surface area contributed by atoms with E-state index < -0.39 is 0 Å². The largest absolute Gasteiger partial charge is 0.457 e. The van der Waals surface area contributed by atoms with Crippen LogP contribution in [0, 0.1) is 18.6 Å². The Labute approximate surface area is 112 Å². The zero-order chi connectivity index (χ0) is 14.3. The molecule has 2 aromatic rings. The molecule has 2 aromatic carbocycles. The molecule has 0 fully saturated rings. The zero-order valence-electron chi connectivity index (χ0n) is 11.4. The third kappa shape index (κ3) is 5.51. The van der Waals surface area contributed by atoms with E-state index in [4.69, 9.17) is 4.74 Å². The Morgan fingerprint density at radius 3 is 1.95 bits per heavy atom. The van der Waals surface area contributed by atoms with Crippen molar-refractivity contribution < 1.29 is 13.5 Å². The molecule has 19 heavy (non-hydrogen) atoms. The topological polar surface area (TPSA) is 9.23 Å². The van der Waals surface area contributed by atoms with Gasteiger partial charge in [0.15, 0.2) is 0 Å². The smallest absolute Gasteiger partial charge is 0.130 e. The van der Waals surface area contributed by atoms with Crippen molar-refractivity contribution in [2.45, 2.75) is 27.2 Å². The van der Waals surface area contributed by atoms with Gasteiger partial charge in [-0.05, 0) is 48.9 Å². The number of hydrogen-bond acceptors (Lipinski definition) is 1. The van der Waals surface area contributed by atoms with Crippen LogP contribution in [0.15, 0.2) is 42.5 Å². The molecular weight excluding hydrogens is 246 g/mol. The molecule has 0 atom stereocenters. The highest BCUT2D eigenvalue weighted by molar-refractivity contribution is 5.34. The molecule has 0 aliphatic carbocycles. The predicted octanol–water partition coefficient (Wildman–Crippen LogP) is 5.48. The highest BCUT2D eigenvalue weighted by Crippen LogP contribution is 2.23. The van der Waals surface area contributed by atoms with Gasteiger partial charge >= 0.3 is 0 Å². The summed E-state index contributed by atoms with van der Waals surface area (Å²) in [7, 11) is 0. The van der Waals surface area contributed by atoms with Gasteiger partial charge in [0.25, 0.3) is 0 Å². The van der Waals surface area contributed by atoms with Gasteiger partial charge in [-0.1, -0.05) is 20.3 Å². The van der Waals surface area contributed by atoms with Crippen LogP contribution in [-0.4, -0.2) is 0 Å². The van der Waals surface area contributed by atoms with Crippen LogP contribution < -0.4 is 4.74 Å². The van der Waals surface area contributed by atoms with Gasteiger partial charge in [-0.15, -0.1) is 0 Å². The summed E-state index contributed by atoms with van der Waals surface area (Å²) in [5, 5.41) is 0. The molecule has 0 unspecified atom stereocenters. The van der Waals surface area contributed by atoms with Crippen molar-refractivity contribution in [1.29, 1.82) is 0 Å². The van der Waals surface area contributed by atoms with E-state index in [-0.39, 0.29) is 11.6 Å². The van der Waals surface area contributed by atoms with Crippen LogP contribution in [0.3, 0.4) is 0 Å². The second-order valence-corrected chi connectivity index (χ2v) is 4.23. The molecule has 0 bridgehead atoms. The lowest BCUT2D eigenvalue weighted by atomic mass is 10.2. The van der Waals surface area contributed by atoms with Gasteiger partial charge in [0.05, 0.1) is 0 Å². The van der Waals surface area contributed by atoms with E-state index in [1.54, 1.807) is 13.0 Å². The first-order valence-electron chi connectivity index (χ1n) is 6.25. The summed E-state index contributed by atoms with van der Waals surface area (Å²) in [6, 6.07) is 9.99. The van der Waals surface area contributed by atoms with Crippen LogP contribution in [-0.2, 0) is 0 Å². The van der Waals surface area contributed by atoms with Gasteiger partial charge in [0.1, 0.15) is 23.1 Å². The maximum atomic E-state index is 13.1. The Kier molecular flexibility index (Phi) is 6.00. The highest BCUT2D eigenvalue weighted by atomic mass is 19.1. The standard InChI is InChI=1S/C13H10F2O.C3H8/c1-9-6-11(15)8-13(7-9)16-12-4-2-10(14)3-5-12;1-3-2/h2-8H,1H3;3H2,1-2H3. The average molecular weight is 264 g/mol. The van der Waals surface area contributed by atoms with Crippen LogP contribution in [0.5, 0.6) is 11.5 Å². The molecule has 102 valence electrons. The molecule has 0 aliphatic rings. The summed E-state index contributed by atoms with van der Waals surface area (Å²) in [6.45, 7) is 6.03. The quantitative estimate of drug-likeness (QED) is 0.697. The first kappa shape index (κ1) is 15.2. The van der Waals surface area contributed by atoms with Crippen LogP contribution in [0.1, 0.15) is 25.8 Å². The third-order valence-electron chi connectivity index (χ3n) is 2.06. The predicted molar refractivity (Wildman–Crippen MR) is 73.6 cm³/mol. The second-order valence-electron chi connectivity index (χ2n) is 4.23. The number of halogens is 2. The van der Waals surface area contributed by atoms with Gasteiger partial charge in [-0.3, -0.25) is 0 Å². The Morgan fingerprint density at radius 2 is 1.42 bits per heavy atom. The molecule has 0 saturated carbocycles. The van der Waals surface area contributed by atoms with Crippen molar-refractivity contribution in [2.24, 2.45) is 0 Å². The number of ether oxygens (including phenoxy) is 1. The third-order valence-corrected chi connectivity index (χ3v) is 2.06. The monoisotopic (exact) mass is 264 g/mol. The maximum absolute atomic E-state index is 13.1. The van der Waals surface area contributed by atoms with Crippen molar-refractivity contribution in [1.82, 2.24) is 0 Å². The van der Waals surface area contributed by atoms with Gasteiger partial charge in [0, 0.05) is 6.07 Å². The van der Waals surface area contributed by atoms with E-state index in [1.165, 1.54) is 42.8 Å². The second kappa shape index (κ2) is 7.52. The van der Waals surface area contributed by atoms with Crippen LogP contribution in [0.25, 0.3) is 0 Å². The van der Waals surface area contributed by atoms with Crippen LogP contribution in [0.2, 0.25) is 0 Å². The first-order chi connectivity index (χ1) is 9.05. The fraction of sp³-hybridized carbons (Fsp3) is 0.250. The Hall–Kier alpha value is -1.90. The minimum atomic E-state index is -0.350. The molecule has 0 saturated heterocycles. The molecule has 0 radical (unpaired) electrons. The lowest BCUT2D eigenvalue weighted by Gasteiger charge is -2.06. The average Bonchev–Trinajstić information content (AvgIpc) is 2.32. The molecule has 0 aromatic heterocycles. The van der Waals surface area contributed by atoms with E-state index in [0.717, 1.165) is 5.56 Å². The minimum absolute atomic E-state index is 0.331. The molecule has 3 heteroatoms. The summed E-state index contributed by atoms with van der Waals surface area (Å²) in [6.07, 6.45) is 1.25. The minimum Gasteiger partial charge on any atom is -0.457 e. The van der Waals surface area contributed by atoms with Gasteiger partial charge < -0.3 is 4.74 Å². The number of aryl methyl sites for hydroxylation is 1. The summed E-state index contributed by atoms with van der Waals surface area (Å²) < 4.78 is 31.1. The molecule has 0 N–H and O–H groups in total. The first-order valence-corrected chi connectivity index (χ1v) is 6.25. The normalized spacial score (nSPS) is 9.53. The van der Waals surface area contributed by atoms with E-state index in [1.807, 2.05) is 0 Å². The Balaban J connectivity index is 0.000000550. The molecule has 0 heterocycles. The van der Waals surface area contributed by atoms with Gasteiger partial charge in [0.2, 0.25) is 0 Å². The number of benzene rings is 2. The summed E-state index contributed by atoms with van der Waals surface area (Å²) in [4.78, 5) is 0. The van der Waals surface area contributed by atoms with Crippen molar-refractivity contribution >= 4 is 0 Å². The molecule has 0 aliphatic heterocycles. The van der Waals surface area contributed by atoms with Crippen molar-refractivity contribution in [3.63, 3.8) is 0 Å². The molecule has 0 amide bonds. The van der Waals surface area contributed by atoms with Gasteiger partial charge in [-0.25, -0.2) is 8.78 Å². The molecular formula is C16H18F2O. The highest BCUT2D eigenvalue weighted by Gasteiger charge is 2.01. The maximum Gasteiger partial charge on any atom is 0.130 e.